The second kappa shape index (κ2) is 6.20. The van der Waals surface area contributed by atoms with Crippen LogP contribution in [0.4, 0.5) is 0 Å². The first-order valence-electron chi connectivity index (χ1n) is 6.21. The van der Waals surface area contributed by atoms with Crippen LogP contribution in [-0.2, 0) is 7.05 Å². The Hall–Kier alpha value is -0.650. The first kappa shape index (κ1) is 14.8. The van der Waals surface area contributed by atoms with Crippen LogP contribution in [0.1, 0.15) is 29.8 Å². The van der Waals surface area contributed by atoms with Crippen molar-refractivity contribution in [1.82, 2.24) is 15.1 Å². The Morgan fingerprint density at radius 1 is 1.37 bits per heavy atom. The first-order chi connectivity index (χ1) is 9.04. The fourth-order valence-electron chi connectivity index (χ4n) is 2.27. The molecule has 102 valence electrons. The van der Waals surface area contributed by atoms with E-state index in [9.17, 15) is 0 Å². The maximum absolute atomic E-state index is 4.31. The average Bonchev–Trinajstić information content (AvgIpc) is 2.67. The van der Waals surface area contributed by atoms with Gasteiger partial charge >= 0.3 is 0 Å². The zero-order valence-corrected chi connectivity index (χ0v) is 14.4. The number of benzene rings is 1. The van der Waals surface area contributed by atoms with E-state index >= 15 is 0 Å². The molecular weight excluding hydrogens is 370 g/mol. The molecule has 1 aromatic heterocycles. The third-order valence-electron chi connectivity index (χ3n) is 3.16. The van der Waals surface area contributed by atoms with Crippen molar-refractivity contribution in [3.05, 3.63) is 50.2 Å². The number of hydrogen-bond donors (Lipinski definition) is 1. The summed E-state index contributed by atoms with van der Waals surface area (Å²) in [6, 6.07) is 6.52. The highest BCUT2D eigenvalue weighted by molar-refractivity contribution is 9.10. The summed E-state index contributed by atoms with van der Waals surface area (Å²) in [6.07, 6.45) is 1.84. The van der Waals surface area contributed by atoms with Crippen LogP contribution in [-0.4, -0.2) is 16.3 Å². The minimum Gasteiger partial charge on any atom is -0.305 e. The van der Waals surface area contributed by atoms with Crippen molar-refractivity contribution in [3.8, 4) is 0 Å². The normalized spacial score (nSPS) is 12.7. The van der Waals surface area contributed by atoms with Crippen LogP contribution in [0.3, 0.4) is 0 Å². The van der Waals surface area contributed by atoms with Crippen LogP contribution >= 0.6 is 31.9 Å². The zero-order valence-electron chi connectivity index (χ0n) is 11.2. The van der Waals surface area contributed by atoms with Gasteiger partial charge in [0.2, 0.25) is 0 Å². The Kier molecular flexibility index (Phi) is 4.81. The van der Waals surface area contributed by atoms with Gasteiger partial charge in [0.15, 0.2) is 0 Å². The molecule has 0 saturated heterocycles. The molecule has 0 radical (unpaired) electrons. The van der Waals surface area contributed by atoms with E-state index in [1.165, 1.54) is 11.1 Å². The van der Waals surface area contributed by atoms with Gasteiger partial charge in [-0.15, -0.1) is 0 Å². The molecule has 5 heteroatoms. The molecule has 1 heterocycles. The molecule has 0 spiro atoms. The summed E-state index contributed by atoms with van der Waals surface area (Å²) in [5.41, 5.74) is 3.68. The van der Waals surface area contributed by atoms with Crippen molar-refractivity contribution in [3.63, 3.8) is 0 Å². The van der Waals surface area contributed by atoms with Gasteiger partial charge in [0.1, 0.15) is 0 Å². The predicted octanol–water partition coefficient (Wildman–Crippen LogP) is 3.95. The fourth-order valence-corrected chi connectivity index (χ4v) is 3.32. The minimum absolute atomic E-state index is 0.139. The van der Waals surface area contributed by atoms with Gasteiger partial charge in [-0.2, -0.15) is 5.10 Å². The Bertz CT molecular complexity index is 559. The Morgan fingerprint density at radius 2 is 2.11 bits per heavy atom. The fraction of sp³-hybridized carbons (Fsp3) is 0.357. The molecule has 0 aliphatic heterocycles. The van der Waals surface area contributed by atoms with Crippen LogP contribution in [0.25, 0.3) is 0 Å². The monoisotopic (exact) mass is 385 g/mol. The number of aryl methyl sites for hydroxylation is 2. The molecule has 0 aliphatic rings. The molecular formula is C14H17Br2N3. The van der Waals surface area contributed by atoms with Crippen molar-refractivity contribution in [2.75, 3.05) is 6.54 Å². The summed E-state index contributed by atoms with van der Waals surface area (Å²) in [6.45, 7) is 5.15. The molecule has 0 bridgehead atoms. The summed E-state index contributed by atoms with van der Waals surface area (Å²) < 4.78 is 4.05. The van der Waals surface area contributed by atoms with E-state index in [1.807, 2.05) is 17.9 Å². The van der Waals surface area contributed by atoms with Gasteiger partial charge in [0.25, 0.3) is 0 Å². The number of rotatable bonds is 4. The number of nitrogens with zero attached hydrogens (tertiary/aromatic N) is 2. The lowest BCUT2D eigenvalue weighted by atomic mass is 9.98. The number of nitrogens with one attached hydrogen (secondary N) is 1. The Labute approximate surface area is 130 Å². The summed E-state index contributed by atoms with van der Waals surface area (Å²) in [5, 5.41) is 7.85. The molecule has 3 nitrogen and oxygen atoms in total. The van der Waals surface area contributed by atoms with Crippen molar-refractivity contribution < 1.29 is 0 Å². The van der Waals surface area contributed by atoms with Gasteiger partial charge in [0, 0.05) is 11.5 Å². The first-order valence-corrected chi connectivity index (χ1v) is 7.80. The SMILES string of the molecule is CCNC(c1ccc(Br)cc1C)c1c(Br)cnn1C. The molecule has 2 rings (SSSR count). The van der Waals surface area contributed by atoms with Crippen LogP contribution in [0, 0.1) is 6.92 Å². The van der Waals surface area contributed by atoms with E-state index in [-0.39, 0.29) is 6.04 Å². The maximum atomic E-state index is 4.31. The van der Waals surface area contributed by atoms with E-state index in [0.29, 0.717) is 0 Å². The standard InChI is InChI=1S/C14H17Br2N3/c1-4-17-13(14-12(16)8-18-19(14)3)11-6-5-10(15)7-9(11)2/h5-8,13,17H,4H2,1-3H3. The number of halogens is 2. The summed E-state index contributed by atoms with van der Waals surface area (Å²) in [7, 11) is 1.97. The highest BCUT2D eigenvalue weighted by Gasteiger charge is 2.21. The molecule has 1 atom stereocenters. The molecule has 0 amide bonds. The molecule has 1 unspecified atom stereocenters. The Balaban J connectivity index is 2.51. The lowest BCUT2D eigenvalue weighted by molar-refractivity contribution is 0.569. The van der Waals surface area contributed by atoms with E-state index < -0.39 is 0 Å². The second-order valence-corrected chi connectivity index (χ2v) is 6.26. The summed E-state index contributed by atoms with van der Waals surface area (Å²) in [5.74, 6) is 0. The lowest BCUT2D eigenvalue weighted by Gasteiger charge is -2.21. The molecule has 19 heavy (non-hydrogen) atoms. The van der Waals surface area contributed by atoms with Gasteiger partial charge in [-0.1, -0.05) is 28.9 Å². The molecule has 1 aromatic carbocycles. The molecule has 1 N–H and O–H groups in total. The third kappa shape index (κ3) is 3.09. The zero-order chi connectivity index (χ0) is 14.0. The average molecular weight is 387 g/mol. The summed E-state index contributed by atoms with van der Waals surface area (Å²) in [4.78, 5) is 0. The van der Waals surface area contributed by atoms with Gasteiger partial charge in [-0.25, -0.2) is 0 Å². The van der Waals surface area contributed by atoms with Crippen molar-refractivity contribution in [1.29, 1.82) is 0 Å². The minimum atomic E-state index is 0.139. The van der Waals surface area contributed by atoms with Crippen molar-refractivity contribution in [2.24, 2.45) is 7.05 Å². The third-order valence-corrected chi connectivity index (χ3v) is 4.27. The predicted molar refractivity (Wildman–Crippen MR) is 85.3 cm³/mol. The number of aromatic nitrogens is 2. The molecule has 0 fully saturated rings. The topological polar surface area (TPSA) is 29.9 Å². The van der Waals surface area contributed by atoms with Gasteiger partial charge in [-0.3, -0.25) is 4.68 Å². The Morgan fingerprint density at radius 3 is 2.63 bits per heavy atom. The molecule has 0 aliphatic carbocycles. The lowest BCUT2D eigenvalue weighted by Crippen LogP contribution is -2.25. The van der Waals surface area contributed by atoms with Crippen LogP contribution in [0.15, 0.2) is 33.3 Å². The van der Waals surface area contributed by atoms with E-state index in [0.717, 1.165) is 21.2 Å². The molecule has 0 saturated carbocycles. The quantitative estimate of drug-likeness (QED) is 0.861. The highest BCUT2D eigenvalue weighted by atomic mass is 79.9. The second-order valence-electron chi connectivity index (χ2n) is 4.49. The van der Waals surface area contributed by atoms with Crippen LogP contribution in [0.2, 0.25) is 0 Å². The van der Waals surface area contributed by atoms with Gasteiger partial charge < -0.3 is 5.32 Å². The van der Waals surface area contributed by atoms with Gasteiger partial charge in [-0.05, 0) is 52.7 Å². The summed E-state index contributed by atoms with van der Waals surface area (Å²) >= 11 is 7.11. The van der Waals surface area contributed by atoms with Crippen LogP contribution < -0.4 is 5.32 Å². The highest BCUT2D eigenvalue weighted by Crippen LogP contribution is 2.31. The molecule has 2 aromatic rings. The van der Waals surface area contributed by atoms with E-state index in [4.69, 9.17) is 0 Å². The van der Waals surface area contributed by atoms with E-state index in [1.54, 1.807) is 0 Å². The van der Waals surface area contributed by atoms with Gasteiger partial charge in [0.05, 0.1) is 22.4 Å². The smallest absolute Gasteiger partial charge is 0.0762 e. The van der Waals surface area contributed by atoms with E-state index in [2.05, 4.69) is 74.3 Å². The van der Waals surface area contributed by atoms with Crippen molar-refractivity contribution in [2.45, 2.75) is 19.9 Å². The largest absolute Gasteiger partial charge is 0.305 e. The van der Waals surface area contributed by atoms with Crippen LogP contribution in [0.5, 0.6) is 0 Å². The number of hydrogen-bond acceptors (Lipinski definition) is 2. The maximum Gasteiger partial charge on any atom is 0.0762 e. The van der Waals surface area contributed by atoms with Crippen molar-refractivity contribution >= 4 is 31.9 Å².